The largest absolute Gasteiger partial charge is 0.462 e. The Bertz CT molecular complexity index is 611. The van der Waals surface area contributed by atoms with Crippen LogP contribution in [0, 0.1) is 0 Å². The summed E-state index contributed by atoms with van der Waals surface area (Å²) >= 11 is 0. The van der Waals surface area contributed by atoms with Crippen molar-refractivity contribution >= 4 is 28.6 Å². The molecule has 0 radical (unpaired) electrons. The summed E-state index contributed by atoms with van der Waals surface area (Å²) in [6.07, 6.45) is 6.74. The van der Waals surface area contributed by atoms with Gasteiger partial charge < -0.3 is 18.3 Å². The topological polar surface area (TPSA) is 71.1 Å². The molecule has 6 nitrogen and oxygen atoms in total. The smallest absolute Gasteiger partial charge is 0.302 e. The van der Waals surface area contributed by atoms with Crippen molar-refractivity contribution in [1.82, 2.24) is 0 Å². The molecule has 0 unspecified atom stereocenters. The van der Waals surface area contributed by atoms with E-state index in [1.807, 2.05) is 12.2 Å². The molecule has 0 fully saturated rings. The summed E-state index contributed by atoms with van der Waals surface area (Å²) in [5.41, 5.74) is 0. The van der Waals surface area contributed by atoms with Crippen LogP contribution in [-0.2, 0) is 27.9 Å². The molecule has 0 aromatic heterocycles. The molecule has 0 aromatic carbocycles. The van der Waals surface area contributed by atoms with Crippen molar-refractivity contribution in [3.8, 4) is 0 Å². The van der Waals surface area contributed by atoms with Crippen molar-refractivity contribution in [3.05, 3.63) is 24.3 Å². The zero-order valence-electron chi connectivity index (χ0n) is 22.3. The fourth-order valence-electron chi connectivity index (χ4n) is 2.18. The Morgan fingerprint density at radius 3 is 1.19 bits per heavy atom. The van der Waals surface area contributed by atoms with Gasteiger partial charge in [0.1, 0.15) is 13.2 Å². The van der Waals surface area contributed by atoms with Gasteiger partial charge in [0.15, 0.2) is 16.6 Å². The molecule has 0 rings (SSSR count). The van der Waals surface area contributed by atoms with Crippen LogP contribution in [0.3, 0.4) is 0 Å². The molecule has 0 bridgehead atoms. The van der Waals surface area contributed by atoms with E-state index in [-0.39, 0.29) is 47.4 Å². The van der Waals surface area contributed by atoms with E-state index in [9.17, 15) is 9.59 Å². The normalized spacial score (nSPS) is 15.8. The van der Waals surface area contributed by atoms with Crippen LogP contribution in [0.5, 0.6) is 0 Å². The summed E-state index contributed by atoms with van der Waals surface area (Å²) in [5, 5.41) is 0.0237. The highest BCUT2D eigenvalue weighted by atomic mass is 28.4. The van der Waals surface area contributed by atoms with Crippen LogP contribution in [-0.4, -0.2) is 54.0 Å². The minimum absolute atomic E-state index is 0.0119. The molecule has 186 valence electrons. The highest BCUT2D eigenvalue weighted by Crippen LogP contribution is 2.40. The number of rotatable bonds is 11. The van der Waals surface area contributed by atoms with Crippen molar-refractivity contribution in [1.29, 1.82) is 0 Å². The minimum Gasteiger partial charge on any atom is -0.462 e. The second-order valence-corrected chi connectivity index (χ2v) is 20.7. The summed E-state index contributed by atoms with van der Waals surface area (Å²) in [6.45, 7) is 25.1. The van der Waals surface area contributed by atoms with Gasteiger partial charge in [-0.3, -0.25) is 9.59 Å². The maximum absolute atomic E-state index is 11.2. The lowest BCUT2D eigenvalue weighted by atomic mass is 10.2. The lowest BCUT2D eigenvalue weighted by molar-refractivity contribution is -0.140. The predicted octanol–water partition coefficient (Wildman–Crippen LogP) is 6.01. The number of esters is 2. The third-order valence-corrected chi connectivity index (χ3v) is 15.2. The first-order chi connectivity index (χ1) is 14.3. The first-order valence-corrected chi connectivity index (χ1v) is 17.1. The molecule has 8 heteroatoms. The Kier molecular flexibility index (Phi) is 11.8. The van der Waals surface area contributed by atoms with Crippen LogP contribution in [0.25, 0.3) is 0 Å². The average molecular weight is 487 g/mol. The Morgan fingerprint density at radius 2 is 0.969 bits per heavy atom. The Balaban J connectivity index is 6.07. The molecule has 2 atom stereocenters. The Morgan fingerprint density at radius 1 is 0.688 bits per heavy atom. The fraction of sp³-hybridized carbons (Fsp3) is 0.750. The second kappa shape index (κ2) is 12.3. The number of hydrogen-bond acceptors (Lipinski definition) is 6. The zero-order valence-corrected chi connectivity index (χ0v) is 24.3. The molecule has 0 aliphatic heterocycles. The molecule has 0 N–H and O–H groups in total. The van der Waals surface area contributed by atoms with Crippen molar-refractivity contribution in [2.24, 2.45) is 0 Å². The van der Waals surface area contributed by atoms with E-state index < -0.39 is 16.6 Å². The quantitative estimate of drug-likeness (QED) is 0.202. The molecular weight excluding hydrogens is 440 g/mol. The average Bonchev–Trinajstić information content (AvgIpc) is 2.57. The standard InChI is InChI=1S/C24H46O6Si2/c1-19(25)27-17-13-15-21(29-31(9,10)23(3,4)5)22(16-14-18-28-20(2)26)30-32(11,12)24(6,7)8/h13-16,21-22H,17-18H2,1-12H3/b15-13-,16-14+/t21-,22-/m0/s1. The molecule has 0 aliphatic carbocycles. The van der Waals surface area contributed by atoms with Crippen LogP contribution in [0.4, 0.5) is 0 Å². The van der Waals surface area contributed by atoms with E-state index in [0.717, 1.165) is 0 Å². The molecular formula is C24H46O6Si2. The molecule has 0 amide bonds. The van der Waals surface area contributed by atoms with Crippen molar-refractivity contribution in [2.75, 3.05) is 13.2 Å². The Labute approximate surface area is 198 Å². The monoisotopic (exact) mass is 486 g/mol. The SMILES string of the molecule is CC(=O)OC/C=C\[C@H](O[Si](C)(C)C(C)(C)C)[C@H](/C=C/COC(C)=O)O[Si](C)(C)C(C)(C)C. The molecule has 0 saturated heterocycles. The van der Waals surface area contributed by atoms with Gasteiger partial charge in [-0.25, -0.2) is 0 Å². The third kappa shape index (κ3) is 11.1. The van der Waals surface area contributed by atoms with Gasteiger partial charge in [-0.15, -0.1) is 0 Å². The van der Waals surface area contributed by atoms with Gasteiger partial charge in [-0.1, -0.05) is 53.7 Å². The van der Waals surface area contributed by atoms with E-state index in [1.54, 1.807) is 12.2 Å². The Hall–Kier alpha value is -1.23. The molecule has 32 heavy (non-hydrogen) atoms. The van der Waals surface area contributed by atoms with E-state index in [1.165, 1.54) is 13.8 Å². The fourth-order valence-corrected chi connectivity index (χ4v) is 4.67. The lowest BCUT2D eigenvalue weighted by Gasteiger charge is -2.43. The zero-order chi connectivity index (χ0) is 25.4. The van der Waals surface area contributed by atoms with E-state index in [4.69, 9.17) is 18.3 Å². The first-order valence-electron chi connectivity index (χ1n) is 11.3. The van der Waals surface area contributed by atoms with Crippen LogP contribution in [0.2, 0.25) is 36.3 Å². The van der Waals surface area contributed by atoms with Crippen LogP contribution < -0.4 is 0 Å². The van der Waals surface area contributed by atoms with Gasteiger partial charge in [0.25, 0.3) is 0 Å². The maximum Gasteiger partial charge on any atom is 0.302 e. The summed E-state index contributed by atoms with van der Waals surface area (Å²) in [4.78, 5) is 22.3. The summed E-state index contributed by atoms with van der Waals surface area (Å²) < 4.78 is 23.7. The minimum atomic E-state index is -2.14. The van der Waals surface area contributed by atoms with Gasteiger partial charge in [-0.2, -0.15) is 0 Å². The van der Waals surface area contributed by atoms with E-state index >= 15 is 0 Å². The van der Waals surface area contributed by atoms with Crippen molar-refractivity contribution < 1.29 is 27.9 Å². The number of hydrogen-bond donors (Lipinski definition) is 0. The van der Waals surface area contributed by atoms with Gasteiger partial charge in [0.2, 0.25) is 0 Å². The van der Waals surface area contributed by atoms with Gasteiger partial charge in [0.05, 0.1) is 12.2 Å². The summed E-state index contributed by atoms with van der Waals surface area (Å²) in [7, 11) is -4.28. The van der Waals surface area contributed by atoms with Crippen LogP contribution in [0.15, 0.2) is 24.3 Å². The number of ether oxygens (including phenoxy) is 2. The van der Waals surface area contributed by atoms with Gasteiger partial charge in [0, 0.05) is 13.8 Å². The highest BCUT2D eigenvalue weighted by Gasteiger charge is 2.43. The summed E-state index contributed by atoms with van der Waals surface area (Å²) in [5.74, 6) is -0.654. The van der Waals surface area contributed by atoms with Crippen LogP contribution >= 0.6 is 0 Å². The van der Waals surface area contributed by atoms with E-state index in [0.29, 0.717) is 0 Å². The molecule has 0 spiro atoms. The lowest BCUT2D eigenvalue weighted by Crippen LogP contribution is -2.51. The highest BCUT2D eigenvalue weighted by molar-refractivity contribution is 6.74. The number of carbonyl (C=O) groups is 2. The molecule has 0 aliphatic rings. The van der Waals surface area contributed by atoms with Crippen molar-refractivity contribution in [3.63, 3.8) is 0 Å². The van der Waals surface area contributed by atoms with Crippen molar-refractivity contribution in [2.45, 2.75) is 104 Å². The predicted molar refractivity (Wildman–Crippen MR) is 136 cm³/mol. The van der Waals surface area contributed by atoms with Gasteiger partial charge >= 0.3 is 11.9 Å². The first kappa shape index (κ1) is 30.8. The maximum atomic E-state index is 11.2. The van der Waals surface area contributed by atoms with Crippen LogP contribution in [0.1, 0.15) is 55.4 Å². The van der Waals surface area contributed by atoms with E-state index in [2.05, 4.69) is 67.7 Å². The van der Waals surface area contributed by atoms with Gasteiger partial charge in [-0.05, 0) is 48.4 Å². The molecule has 0 aromatic rings. The second-order valence-electron chi connectivity index (χ2n) is 11.1. The molecule has 0 saturated carbocycles. The third-order valence-electron chi connectivity index (χ3n) is 6.21. The molecule has 0 heterocycles. The number of carbonyl (C=O) groups excluding carboxylic acids is 2. The summed E-state index contributed by atoms with van der Waals surface area (Å²) in [6, 6.07) is 0.